The lowest BCUT2D eigenvalue weighted by Gasteiger charge is -2.33. The summed E-state index contributed by atoms with van der Waals surface area (Å²) < 4.78 is 7.89. The van der Waals surface area contributed by atoms with Crippen molar-refractivity contribution in [2.24, 2.45) is 7.05 Å². The second-order valence-corrected chi connectivity index (χ2v) is 7.76. The lowest BCUT2D eigenvalue weighted by atomic mass is 9.77. The molecule has 3 aromatic rings. The zero-order valence-corrected chi connectivity index (χ0v) is 16.1. The van der Waals surface area contributed by atoms with E-state index in [1.807, 2.05) is 36.4 Å². The SMILES string of the molecule is Cn1c(=O)c2c(c3ccccc31)OC1=C(C(=O)CCC1)[C@@H]2c1ccc(Cl)cc1. The van der Waals surface area contributed by atoms with Gasteiger partial charge in [0.1, 0.15) is 11.5 Å². The summed E-state index contributed by atoms with van der Waals surface area (Å²) in [6, 6.07) is 15.1. The van der Waals surface area contributed by atoms with E-state index in [0.29, 0.717) is 40.5 Å². The molecule has 0 N–H and O–H groups in total. The highest BCUT2D eigenvalue weighted by molar-refractivity contribution is 6.30. The minimum absolute atomic E-state index is 0.0575. The second-order valence-electron chi connectivity index (χ2n) is 7.32. The number of aromatic nitrogens is 1. The summed E-state index contributed by atoms with van der Waals surface area (Å²) >= 11 is 6.08. The van der Waals surface area contributed by atoms with Gasteiger partial charge in [-0.1, -0.05) is 35.9 Å². The molecular formula is C23H18ClNO3. The van der Waals surface area contributed by atoms with E-state index >= 15 is 0 Å². The van der Waals surface area contributed by atoms with Crippen LogP contribution in [0.1, 0.15) is 36.3 Å². The van der Waals surface area contributed by atoms with Gasteiger partial charge in [-0.25, -0.2) is 0 Å². The molecule has 2 aromatic carbocycles. The number of nitrogens with zero attached hydrogens (tertiary/aromatic N) is 1. The number of aryl methyl sites for hydroxylation is 1. The van der Waals surface area contributed by atoms with Gasteiger partial charge in [0.05, 0.1) is 17.0 Å². The van der Waals surface area contributed by atoms with E-state index < -0.39 is 5.92 Å². The summed E-state index contributed by atoms with van der Waals surface area (Å²) in [6.07, 6.45) is 1.95. The van der Waals surface area contributed by atoms with Gasteiger partial charge in [-0.05, 0) is 36.2 Å². The maximum absolute atomic E-state index is 13.4. The third kappa shape index (κ3) is 2.45. The Bertz CT molecular complexity index is 1220. The first kappa shape index (κ1) is 17.3. The highest BCUT2D eigenvalue weighted by Crippen LogP contribution is 2.47. The van der Waals surface area contributed by atoms with Crippen molar-refractivity contribution in [3.8, 4) is 5.75 Å². The van der Waals surface area contributed by atoms with Crippen LogP contribution < -0.4 is 10.3 Å². The topological polar surface area (TPSA) is 48.3 Å². The standard InChI is InChI=1S/C23H18ClNO3/c1-25-16-6-3-2-5-15(16)22-21(23(25)27)19(13-9-11-14(24)12-10-13)20-17(26)7-4-8-18(20)28-22/h2-3,5-6,9-12,19H,4,7-8H2,1H3/t19-/m0/s1. The highest BCUT2D eigenvalue weighted by atomic mass is 35.5. The molecule has 28 heavy (non-hydrogen) atoms. The van der Waals surface area contributed by atoms with Crippen molar-refractivity contribution < 1.29 is 9.53 Å². The largest absolute Gasteiger partial charge is 0.460 e. The summed E-state index contributed by atoms with van der Waals surface area (Å²) in [6.45, 7) is 0. The summed E-state index contributed by atoms with van der Waals surface area (Å²) in [5.41, 5.74) is 2.70. The molecule has 0 fully saturated rings. The van der Waals surface area contributed by atoms with E-state index in [9.17, 15) is 9.59 Å². The van der Waals surface area contributed by atoms with Crippen LogP contribution in [0.3, 0.4) is 0 Å². The van der Waals surface area contributed by atoms with Crippen LogP contribution in [0.15, 0.2) is 64.7 Å². The number of hydrogen-bond acceptors (Lipinski definition) is 3. The molecule has 0 saturated heterocycles. The van der Waals surface area contributed by atoms with Crippen LogP contribution in [0.2, 0.25) is 5.02 Å². The van der Waals surface area contributed by atoms with Gasteiger partial charge in [0.25, 0.3) is 5.56 Å². The van der Waals surface area contributed by atoms with E-state index in [2.05, 4.69) is 0 Å². The van der Waals surface area contributed by atoms with Crippen molar-refractivity contribution in [2.45, 2.75) is 25.2 Å². The normalized spacial score (nSPS) is 18.6. The third-order valence-electron chi connectivity index (χ3n) is 5.70. The average Bonchev–Trinajstić information content (AvgIpc) is 2.71. The van der Waals surface area contributed by atoms with Crippen molar-refractivity contribution in [2.75, 3.05) is 0 Å². The Balaban J connectivity index is 1.89. The predicted molar refractivity (Wildman–Crippen MR) is 109 cm³/mol. The fraction of sp³-hybridized carbons (Fsp3) is 0.217. The number of carbonyl (C=O) groups is 1. The summed E-state index contributed by atoms with van der Waals surface area (Å²) in [7, 11) is 1.76. The molecular weight excluding hydrogens is 374 g/mol. The Morgan fingerprint density at radius 2 is 1.79 bits per heavy atom. The van der Waals surface area contributed by atoms with Gasteiger partial charge < -0.3 is 9.30 Å². The Labute approximate surface area is 167 Å². The number of para-hydroxylation sites is 1. The molecule has 1 aliphatic heterocycles. The molecule has 0 unspecified atom stereocenters. The van der Waals surface area contributed by atoms with Crippen molar-refractivity contribution >= 4 is 28.3 Å². The first-order valence-corrected chi connectivity index (χ1v) is 9.75. The molecule has 0 bridgehead atoms. The third-order valence-corrected chi connectivity index (χ3v) is 5.96. The van der Waals surface area contributed by atoms with Gasteiger partial charge in [0.15, 0.2) is 5.78 Å². The molecule has 1 aliphatic carbocycles. The van der Waals surface area contributed by atoms with E-state index in [-0.39, 0.29) is 11.3 Å². The number of pyridine rings is 1. The van der Waals surface area contributed by atoms with Crippen LogP contribution in [-0.4, -0.2) is 10.4 Å². The molecule has 4 nitrogen and oxygen atoms in total. The van der Waals surface area contributed by atoms with Crippen LogP contribution >= 0.6 is 11.6 Å². The summed E-state index contributed by atoms with van der Waals surface area (Å²) in [5.74, 6) is 0.892. The second kappa shape index (κ2) is 6.35. The van der Waals surface area contributed by atoms with Gasteiger partial charge in [0.2, 0.25) is 0 Å². The highest BCUT2D eigenvalue weighted by Gasteiger charge is 2.39. The Hall–Kier alpha value is -2.85. The number of hydrogen-bond donors (Lipinski definition) is 0. The van der Waals surface area contributed by atoms with Crippen molar-refractivity contribution in [3.63, 3.8) is 0 Å². The molecule has 0 spiro atoms. The molecule has 0 saturated carbocycles. The van der Waals surface area contributed by atoms with Crippen LogP contribution in [0.25, 0.3) is 10.9 Å². The zero-order chi connectivity index (χ0) is 19.4. The van der Waals surface area contributed by atoms with E-state index in [4.69, 9.17) is 16.3 Å². The average molecular weight is 392 g/mol. The Kier molecular flexibility index (Phi) is 3.91. The van der Waals surface area contributed by atoms with Crippen LogP contribution in [0.4, 0.5) is 0 Å². The molecule has 2 heterocycles. The number of allylic oxidation sites excluding steroid dienone is 2. The molecule has 140 valence electrons. The van der Waals surface area contributed by atoms with Crippen molar-refractivity contribution in [1.82, 2.24) is 4.57 Å². The number of benzene rings is 2. The van der Waals surface area contributed by atoms with Gasteiger partial charge in [-0.15, -0.1) is 0 Å². The van der Waals surface area contributed by atoms with Crippen molar-refractivity contribution in [1.29, 1.82) is 0 Å². The summed E-state index contributed by atoms with van der Waals surface area (Å²) in [5, 5.41) is 1.50. The number of carbonyl (C=O) groups excluding carboxylic acids is 1. The quantitative estimate of drug-likeness (QED) is 0.602. The maximum Gasteiger partial charge on any atom is 0.258 e. The van der Waals surface area contributed by atoms with Crippen LogP contribution in [0, 0.1) is 0 Å². The molecule has 0 amide bonds. The summed E-state index contributed by atoms with van der Waals surface area (Å²) in [4.78, 5) is 26.3. The van der Waals surface area contributed by atoms with Gasteiger partial charge >= 0.3 is 0 Å². The molecule has 5 rings (SSSR count). The van der Waals surface area contributed by atoms with Gasteiger partial charge in [0, 0.05) is 35.9 Å². The fourth-order valence-corrected chi connectivity index (χ4v) is 4.50. The van der Waals surface area contributed by atoms with Gasteiger partial charge in [-0.2, -0.15) is 0 Å². The minimum atomic E-state index is -0.438. The van der Waals surface area contributed by atoms with E-state index in [1.54, 1.807) is 23.7 Å². The monoisotopic (exact) mass is 391 g/mol. The van der Waals surface area contributed by atoms with E-state index in [1.165, 1.54) is 0 Å². The fourth-order valence-electron chi connectivity index (χ4n) is 4.37. The number of ether oxygens (including phenoxy) is 1. The number of halogens is 1. The lowest BCUT2D eigenvalue weighted by Crippen LogP contribution is -2.33. The predicted octanol–water partition coefficient (Wildman–Crippen LogP) is 4.72. The Morgan fingerprint density at radius 3 is 2.57 bits per heavy atom. The molecule has 5 heteroatoms. The van der Waals surface area contributed by atoms with Crippen molar-refractivity contribution in [3.05, 3.63) is 86.4 Å². The number of ketones is 1. The Morgan fingerprint density at radius 1 is 1.04 bits per heavy atom. The molecule has 0 radical (unpaired) electrons. The zero-order valence-electron chi connectivity index (χ0n) is 15.4. The smallest absolute Gasteiger partial charge is 0.258 e. The molecule has 1 aromatic heterocycles. The first-order valence-electron chi connectivity index (χ1n) is 9.37. The van der Waals surface area contributed by atoms with Crippen LogP contribution in [-0.2, 0) is 11.8 Å². The lowest BCUT2D eigenvalue weighted by molar-refractivity contribution is -0.116. The first-order chi connectivity index (χ1) is 13.6. The number of rotatable bonds is 1. The van der Waals surface area contributed by atoms with Crippen LogP contribution in [0.5, 0.6) is 5.75 Å². The molecule has 1 atom stereocenters. The maximum atomic E-state index is 13.4. The minimum Gasteiger partial charge on any atom is -0.460 e. The van der Waals surface area contributed by atoms with Gasteiger partial charge in [-0.3, -0.25) is 9.59 Å². The van der Waals surface area contributed by atoms with E-state index in [0.717, 1.165) is 22.9 Å². The molecule has 2 aliphatic rings. The number of Topliss-reactive ketones (excluding diaryl/α,β-unsaturated/α-hetero) is 1. The number of fused-ring (bicyclic) bond motifs is 3.